The maximum absolute atomic E-state index is 13.0. The number of hydrogen-bond donors (Lipinski definition) is 1. The van der Waals surface area contributed by atoms with Crippen LogP contribution < -0.4 is 5.32 Å². The Morgan fingerprint density at radius 3 is 2.34 bits per heavy atom. The van der Waals surface area contributed by atoms with E-state index >= 15 is 0 Å². The summed E-state index contributed by atoms with van der Waals surface area (Å²) in [4.78, 5) is 27.8. The van der Waals surface area contributed by atoms with Gasteiger partial charge in [0.15, 0.2) is 0 Å². The van der Waals surface area contributed by atoms with Crippen molar-refractivity contribution in [2.24, 2.45) is 11.8 Å². The number of aryl methyl sites for hydroxylation is 2. The molecule has 0 saturated heterocycles. The minimum absolute atomic E-state index is 0.00170. The number of carbonyl (C=O) groups is 2. The van der Waals surface area contributed by atoms with Gasteiger partial charge in [-0.25, -0.2) is 0 Å². The molecule has 4 heteroatoms. The van der Waals surface area contributed by atoms with Crippen LogP contribution in [-0.2, 0) is 22.6 Å². The number of rotatable bonds is 3. The molecule has 4 nitrogen and oxygen atoms in total. The Bertz CT molecular complexity index is 913. The first-order chi connectivity index (χ1) is 14.0. The van der Waals surface area contributed by atoms with E-state index in [4.69, 9.17) is 0 Å². The van der Waals surface area contributed by atoms with E-state index < -0.39 is 0 Å². The number of nitrogens with zero attached hydrogens (tertiary/aromatic N) is 1. The zero-order valence-corrected chi connectivity index (χ0v) is 17.4. The van der Waals surface area contributed by atoms with Crippen molar-refractivity contribution in [3.05, 3.63) is 64.7 Å². The second-order valence-corrected chi connectivity index (χ2v) is 8.63. The second-order valence-electron chi connectivity index (χ2n) is 8.63. The van der Waals surface area contributed by atoms with E-state index in [1.54, 1.807) is 0 Å². The van der Waals surface area contributed by atoms with Gasteiger partial charge >= 0.3 is 0 Å². The summed E-state index contributed by atoms with van der Waals surface area (Å²) in [7, 11) is 0. The summed E-state index contributed by atoms with van der Waals surface area (Å²) in [6.07, 6.45) is 4.13. The standard InChI is InChI=1S/C25H30N2O2/c1-17-7-12-23(18(2)15-17)26-24(28)20-8-10-21(11-9-20)25(29)27-14-13-19-5-3-4-6-22(19)16-27/h3-7,12,15,20-21H,8-11,13-14,16H2,1-2H3,(H,26,28). The molecule has 1 fully saturated rings. The highest BCUT2D eigenvalue weighted by Crippen LogP contribution is 2.32. The molecule has 2 aliphatic rings. The summed E-state index contributed by atoms with van der Waals surface area (Å²) in [5, 5.41) is 3.09. The van der Waals surface area contributed by atoms with Crippen LogP contribution in [0.1, 0.15) is 47.9 Å². The Kier molecular flexibility index (Phi) is 5.70. The van der Waals surface area contributed by atoms with Gasteiger partial charge in [-0.3, -0.25) is 9.59 Å². The fourth-order valence-corrected chi connectivity index (χ4v) is 4.73. The van der Waals surface area contributed by atoms with Crippen LogP contribution in [0, 0.1) is 25.7 Å². The first-order valence-corrected chi connectivity index (χ1v) is 10.7. The highest BCUT2D eigenvalue weighted by atomic mass is 16.2. The minimum atomic E-state index is 0.00170. The molecule has 1 heterocycles. The SMILES string of the molecule is Cc1ccc(NC(=O)C2CCC(C(=O)N3CCc4ccccc4C3)CC2)c(C)c1. The molecule has 152 valence electrons. The molecule has 0 atom stereocenters. The predicted octanol–water partition coefficient (Wildman–Crippen LogP) is 4.63. The van der Waals surface area contributed by atoms with Gasteiger partial charge in [-0.1, -0.05) is 42.0 Å². The van der Waals surface area contributed by atoms with E-state index in [-0.39, 0.29) is 23.7 Å². The van der Waals surface area contributed by atoms with Crippen molar-refractivity contribution >= 4 is 17.5 Å². The summed E-state index contributed by atoms with van der Waals surface area (Å²) in [6, 6.07) is 14.5. The summed E-state index contributed by atoms with van der Waals surface area (Å²) in [5.41, 5.74) is 5.81. The lowest BCUT2D eigenvalue weighted by atomic mass is 9.80. The molecule has 0 unspecified atom stereocenters. The van der Waals surface area contributed by atoms with Gasteiger partial charge in [0.05, 0.1) is 0 Å². The average Bonchev–Trinajstić information content (AvgIpc) is 2.75. The number of benzene rings is 2. The zero-order chi connectivity index (χ0) is 20.4. The molecule has 1 saturated carbocycles. The Morgan fingerprint density at radius 1 is 0.931 bits per heavy atom. The Labute approximate surface area is 173 Å². The normalized spacial score (nSPS) is 21.4. The molecule has 4 rings (SSSR count). The first kappa shape index (κ1) is 19.7. The lowest BCUT2D eigenvalue weighted by Crippen LogP contribution is -2.41. The van der Waals surface area contributed by atoms with E-state index in [1.807, 2.05) is 30.0 Å². The van der Waals surface area contributed by atoms with Crippen LogP contribution in [0.2, 0.25) is 0 Å². The fraction of sp³-hybridized carbons (Fsp3) is 0.440. The maximum Gasteiger partial charge on any atom is 0.227 e. The van der Waals surface area contributed by atoms with Crippen molar-refractivity contribution in [2.45, 2.75) is 52.5 Å². The number of carbonyl (C=O) groups excluding carboxylic acids is 2. The molecule has 0 spiro atoms. The molecule has 2 aromatic rings. The molecule has 0 radical (unpaired) electrons. The van der Waals surface area contributed by atoms with Gasteiger partial charge in [-0.05, 0) is 68.7 Å². The van der Waals surface area contributed by atoms with Crippen molar-refractivity contribution in [3.8, 4) is 0 Å². The number of amides is 2. The Balaban J connectivity index is 1.31. The third kappa shape index (κ3) is 4.36. The van der Waals surface area contributed by atoms with Gasteiger partial charge in [0.25, 0.3) is 0 Å². The highest BCUT2D eigenvalue weighted by Gasteiger charge is 2.33. The number of hydrogen-bond acceptors (Lipinski definition) is 2. The van der Waals surface area contributed by atoms with Gasteiger partial charge in [0.2, 0.25) is 11.8 Å². The summed E-state index contributed by atoms with van der Waals surface area (Å²) in [5.74, 6) is 0.426. The maximum atomic E-state index is 13.0. The molecule has 1 aliphatic carbocycles. The molecule has 0 aromatic heterocycles. The van der Waals surface area contributed by atoms with Crippen LogP contribution in [0.15, 0.2) is 42.5 Å². The zero-order valence-electron chi connectivity index (χ0n) is 17.4. The smallest absolute Gasteiger partial charge is 0.227 e. The first-order valence-electron chi connectivity index (χ1n) is 10.7. The number of anilines is 1. The monoisotopic (exact) mass is 390 g/mol. The van der Waals surface area contributed by atoms with E-state index in [0.717, 1.165) is 56.4 Å². The van der Waals surface area contributed by atoms with Gasteiger partial charge < -0.3 is 10.2 Å². The largest absolute Gasteiger partial charge is 0.338 e. The third-order valence-electron chi connectivity index (χ3n) is 6.53. The Morgan fingerprint density at radius 2 is 1.62 bits per heavy atom. The van der Waals surface area contributed by atoms with E-state index in [1.165, 1.54) is 16.7 Å². The molecule has 2 aromatic carbocycles. The summed E-state index contributed by atoms with van der Waals surface area (Å²) in [6.45, 7) is 5.61. The molecule has 1 N–H and O–H groups in total. The fourth-order valence-electron chi connectivity index (χ4n) is 4.73. The molecule has 0 bridgehead atoms. The quantitative estimate of drug-likeness (QED) is 0.830. The predicted molar refractivity (Wildman–Crippen MR) is 116 cm³/mol. The molecule has 1 aliphatic heterocycles. The average molecular weight is 391 g/mol. The van der Waals surface area contributed by atoms with Crippen LogP contribution in [0.3, 0.4) is 0 Å². The number of nitrogens with one attached hydrogen (secondary N) is 1. The second kappa shape index (κ2) is 8.40. The minimum Gasteiger partial charge on any atom is -0.338 e. The van der Waals surface area contributed by atoms with Crippen LogP contribution in [0.25, 0.3) is 0 Å². The van der Waals surface area contributed by atoms with Crippen molar-refractivity contribution < 1.29 is 9.59 Å². The van der Waals surface area contributed by atoms with E-state index in [2.05, 4.69) is 36.5 Å². The van der Waals surface area contributed by atoms with E-state index in [0.29, 0.717) is 0 Å². The molecular weight excluding hydrogens is 360 g/mol. The van der Waals surface area contributed by atoms with Gasteiger partial charge in [0.1, 0.15) is 0 Å². The van der Waals surface area contributed by atoms with Gasteiger partial charge in [0, 0.05) is 30.6 Å². The van der Waals surface area contributed by atoms with Crippen LogP contribution in [0.4, 0.5) is 5.69 Å². The van der Waals surface area contributed by atoms with Gasteiger partial charge in [-0.15, -0.1) is 0 Å². The van der Waals surface area contributed by atoms with Crippen LogP contribution in [-0.4, -0.2) is 23.3 Å². The molecule has 2 amide bonds. The van der Waals surface area contributed by atoms with Crippen molar-refractivity contribution in [2.75, 3.05) is 11.9 Å². The lowest BCUT2D eigenvalue weighted by molar-refractivity contribution is -0.138. The summed E-state index contributed by atoms with van der Waals surface area (Å²) < 4.78 is 0. The van der Waals surface area contributed by atoms with E-state index in [9.17, 15) is 9.59 Å². The van der Waals surface area contributed by atoms with Gasteiger partial charge in [-0.2, -0.15) is 0 Å². The van der Waals surface area contributed by atoms with Crippen molar-refractivity contribution in [1.82, 2.24) is 4.90 Å². The third-order valence-corrected chi connectivity index (χ3v) is 6.53. The molecule has 29 heavy (non-hydrogen) atoms. The summed E-state index contributed by atoms with van der Waals surface area (Å²) >= 11 is 0. The Hall–Kier alpha value is -2.62. The van der Waals surface area contributed by atoms with Crippen LogP contribution >= 0.6 is 0 Å². The van der Waals surface area contributed by atoms with Crippen molar-refractivity contribution in [1.29, 1.82) is 0 Å². The number of fused-ring (bicyclic) bond motifs is 1. The highest BCUT2D eigenvalue weighted by molar-refractivity contribution is 5.93. The topological polar surface area (TPSA) is 49.4 Å². The molecular formula is C25H30N2O2. The van der Waals surface area contributed by atoms with Crippen molar-refractivity contribution in [3.63, 3.8) is 0 Å². The lowest BCUT2D eigenvalue weighted by Gasteiger charge is -2.34. The van der Waals surface area contributed by atoms with Crippen LogP contribution in [0.5, 0.6) is 0 Å².